The third-order valence-electron chi connectivity index (χ3n) is 3.26. The summed E-state index contributed by atoms with van der Waals surface area (Å²) in [5, 5.41) is 7.34. The van der Waals surface area contributed by atoms with Gasteiger partial charge in [0.1, 0.15) is 0 Å². The highest BCUT2D eigenvalue weighted by Gasteiger charge is 2.20. The highest BCUT2D eigenvalue weighted by atomic mass is 15.4. The summed E-state index contributed by atoms with van der Waals surface area (Å²) >= 11 is 0. The van der Waals surface area contributed by atoms with E-state index in [2.05, 4.69) is 25.0 Å². The number of anilines is 2. The van der Waals surface area contributed by atoms with Crippen LogP contribution in [0.3, 0.4) is 0 Å². The Morgan fingerprint density at radius 3 is 2.13 bits per heavy atom. The maximum atomic E-state index is 4.56. The summed E-state index contributed by atoms with van der Waals surface area (Å²) in [4.78, 5) is 9.10. The van der Waals surface area contributed by atoms with Crippen molar-refractivity contribution in [3.8, 4) is 0 Å². The van der Waals surface area contributed by atoms with Crippen LogP contribution >= 0.6 is 0 Å². The van der Waals surface area contributed by atoms with Crippen molar-refractivity contribution >= 4 is 11.9 Å². The van der Waals surface area contributed by atoms with Crippen molar-refractivity contribution < 1.29 is 0 Å². The molecular formula is C10H17N5. The van der Waals surface area contributed by atoms with E-state index in [0.29, 0.717) is 0 Å². The van der Waals surface area contributed by atoms with Crippen LogP contribution < -0.4 is 9.80 Å². The largest absolute Gasteiger partial charge is 0.341 e. The molecule has 82 valence electrons. The van der Waals surface area contributed by atoms with Gasteiger partial charge in [-0.15, -0.1) is 5.10 Å². The van der Waals surface area contributed by atoms with Crippen LogP contribution in [0.5, 0.6) is 0 Å². The van der Waals surface area contributed by atoms with Crippen molar-refractivity contribution in [1.29, 1.82) is 0 Å². The summed E-state index contributed by atoms with van der Waals surface area (Å²) < 4.78 is 0. The van der Waals surface area contributed by atoms with Crippen molar-refractivity contribution in [3.63, 3.8) is 0 Å². The molecule has 0 atom stereocenters. The van der Waals surface area contributed by atoms with Crippen LogP contribution in [0.2, 0.25) is 0 Å². The molecule has 0 amide bonds. The molecular weight excluding hydrogens is 190 g/mol. The number of aromatic amines is 1. The lowest BCUT2D eigenvalue weighted by molar-refractivity contribution is 0.901. The average molecular weight is 207 g/mol. The van der Waals surface area contributed by atoms with Crippen LogP contribution in [0, 0.1) is 0 Å². The Morgan fingerprint density at radius 2 is 1.47 bits per heavy atom. The average Bonchev–Trinajstić information content (AvgIpc) is 3.02. The summed E-state index contributed by atoms with van der Waals surface area (Å²) in [7, 11) is 0. The molecule has 0 unspecified atom stereocenters. The first-order valence-corrected chi connectivity index (χ1v) is 5.86. The van der Waals surface area contributed by atoms with Gasteiger partial charge in [-0.25, -0.2) is 5.10 Å². The van der Waals surface area contributed by atoms with E-state index in [0.717, 1.165) is 38.1 Å². The Morgan fingerprint density at radius 1 is 0.867 bits per heavy atom. The molecule has 0 bridgehead atoms. The van der Waals surface area contributed by atoms with Crippen LogP contribution in [-0.4, -0.2) is 41.4 Å². The normalized spacial score (nSPS) is 21.6. The van der Waals surface area contributed by atoms with Gasteiger partial charge < -0.3 is 9.80 Å². The van der Waals surface area contributed by atoms with Crippen LogP contribution in [0.25, 0.3) is 0 Å². The van der Waals surface area contributed by atoms with Gasteiger partial charge in [-0.2, -0.15) is 4.98 Å². The van der Waals surface area contributed by atoms with Crippen LogP contribution in [-0.2, 0) is 0 Å². The molecule has 3 heterocycles. The minimum Gasteiger partial charge on any atom is -0.341 e. The van der Waals surface area contributed by atoms with Gasteiger partial charge in [-0.1, -0.05) is 0 Å². The predicted molar refractivity (Wildman–Crippen MR) is 59.3 cm³/mol. The molecule has 2 aliphatic heterocycles. The lowest BCUT2D eigenvalue weighted by atomic mass is 10.4. The SMILES string of the molecule is C1CCN(c2n[nH]c(N3CCCC3)n2)C1. The molecule has 1 aromatic rings. The molecule has 2 fully saturated rings. The molecule has 0 spiro atoms. The van der Waals surface area contributed by atoms with E-state index in [1.807, 2.05) is 0 Å². The van der Waals surface area contributed by atoms with E-state index in [4.69, 9.17) is 0 Å². The first kappa shape index (κ1) is 9.00. The van der Waals surface area contributed by atoms with Gasteiger partial charge in [-0.3, -0.25) is 0 Å². The molecule has 0 aromatic carbocycles. The Hall–Kier alpha value is -1.26. The highest BCUT2D eigenvalue weighted by molar-refractivity contribution is 5.39. The Bertz CT molecular complexity index is 292. The number of nitrogens with zero attached hydrogens (tertiary/aromatic N) is 4. The van der Waals surface area contributed by atoms with E-state index < -0.39 is 0 Å². The summed E-state index contributed by atoms with van der Waals surface area (Å²) in [6, 6.07) is 0. The number of H-pyrrole nitrogens is 1. The van der Waals surface area contributed by atoms with Crippen molar-refractivity contribution in [2.45, 2.75) is 25.7 Å². The summed E-state index contributed by atoms with van der Waals surface area (Å²) in [6.07, 6.45) is 5.10. The van der Waals surface area contributed by atoms with Crippen molar-refractivity contribution in [2.75, 3.05) is 36.0 Å². The van der Waals surface area contributed by atoms with Crippen molar-refractivity contribution in [2.24, 2.45) is 0 Å². The molecule has 0 aliphatic carbocycles. The highest BCUT2D eigenvalue weighted by Crippen LogP contribution is 2.20. The fraction of sp³-hybridized carbons (Fsp3) is 0.800. The van der Waals surface area contributed by atoms with Crippen LogP contribution in [0.1, 0.15) is 25.7 Å². The second-order valence-corrected chi connectivity index (χ2v) is 4.35. The van der Waals surface area contributed by atoms with Gasteiger partial charge in [0.2, 0.25) is 11.9 Å². The molecule has 5 heteroatoms. The lowest BCUT2D eigenvalue weighted by Gasteiger charge is -2.13. The Balaban J connectivity index is 1.74. The summed E-state index contributed by atoms with van der Waals surface area (Å²) in [5.41, 5.74) is 0. The zero-order valence-corrected chi connectivity index (χ0v) is 8.95. The molecule has 0 radical (unpaired) electrons. The number of rotatable bonds is 2. The Kier molecular flexibility index (Phi) is 2.23. The summed E-state index contributed by atoms with van der Waals surface area (Å²) in [6.45, 7) is 4.46. The van der Waals surface area contributed by atoms with Gasteiger partial charge in [-0.05, 0) is 25.7 Å². The molecule has 15 heavy (non-hydrogen) atoms. The van der Waals surface area contributed by atoms with E-state index in [1.165, 1.54) is 25.7 Å². The second kappa shape index (κ2) is 3.72. The van der Waals surface area contributed by atoms with Crippen LogP contribution in [0.4, 0.5) is 11.9 Å². The fourth-order valence-corrected chi connectivity index (χ4v) is 2.37. The molecule has 3 rings (SSSR count). The number of hydrogen-bond donors (Lipinski definition) is 1. The van der Waals surface area contributed by atoms with Crippen LogP contribution in [0.15, 0.2) is 0 Å². The van der Waals surface area contributed by atoms with Gasteiger partial charge >= 0.3 is 0 Å². The monoisotopic (exact) mass is 207 g/mol. The quantitative estimate of drug-likeness (QED) is 0.786. The van der Waals surface area contributed by atoms with Gasteiger partial charge in [0, 0.05) is 26.2 Å². The molecule has 2 aliphatic rings. The third-order valence-corrected chi connectivity index (χ3v) is 3.26. The van der Waals surface area contributed by atoms with E-state index >= 15 is 0 Å². The molecule has 5 nitrogen and oxygen atoms in total. The number of nitrogens with one attached hydrogen (secondary N) is 1. The van der Waals surface area contributed by atoms with Gasteiger partial charge in [0.25, 0.3) is 0 Å². The Labute approximate surface area is 89.5 Å². The minimum atomic E-state index is 0.884. The molecule has 0 saturated carbocycles. The van der Waals surface area contributed by atoms with Gasteiger partial charge in [0.15, 0.2) is 0 Å². The van der Waals surface area contributed by atoms with Crippen molar-refractivity contribution in [1.82, 2.24) is 15.2 Å². The minimum absolute atomic E-state index is 0.884. The zero-order valence-electron chi connectivity index (χ0n) is 8.95. The maximum Gasteiger partial charge on any atom is 0.246 e. The second-order valence-electron chi connectivity index (χ2n) is 4.35. The summed E-state index contributed by atoms with van der Waals surface area (Å²) in [5.74, 6) is 1.84. The molecule has 2 saturated heterocycles. The van der Waals surface area contributed by atoms with E-state index in [-0.39, 0.29) is 0 Å². The maximum absolute atomic E-state index is 4.56. The predicted octanol–water partition coefficient (Wildman–Crippen LogP) is 1.01. The first-order valence-electron chi connectivity index (χ1n) is 5.86. The van der Waals surface area contributed by atoms with Crippen molar-refractivity contribution in [3.05, 3.63) is 0 Å². The van der Waals surface area contributed by atoms with E-state index in [9.17, 15) is 0 Å². The number of aromatic nitrogens is 3. The molecule has 1 N–H and O–H groups in total. The third kappa shape index (κ3) is 1.66. The standard InChI is InChI=1S/C10H17N5/c1-2-6-14(5-1)9-11-10(13-12-9)15-7-3-4-8-15/h1-8H2,(H,11,12,13). The smallest absolute Gasteiger partial charge is 0.246 e. The first-order chi connectivity index (χ1) is 7.43. The molecule has 1 aromatic heterocycles. The fourth-order valence-electron chi connectivity index (χ4n) is 2.37. The van der Waals surface area contributed by atoms with E-state index in [1.54, 1.807) is 0 Å². The topological polar surface area (TPSA) is 48.1 Å². The zero-order chi connectivity index (χ0) is 10.1. The number of hydrogen-bond acceptors (Lipinski definition) is 4. The lowest BCUT2D eigenvalue weighted by Crippen LogP contribution is -2.20. The van der Waals surface area contributed by atoms with Gasteiger partial charge in [0.05, 0.1) is 0 Å².